The monoisotopic (exact) mass is 240 g/mol. The van der Waals surface area contributed by atoms with Crippen molar-refractivity contribution in [1.29, 1.82) is 0 Å². The second kappa shape index (κ2) is 5.41. The molecule has 1 saturated carbocycles. The highest BCUT2D eigenvalue weighted by molar-refractivity contribution is 5.66. The number of carbonyl (C=O) groups is 1. The summed E-state index contributed by atoms with van der Waals surface area (Å²) in [7, 11) is 0. The zero-order valence-corrected chi connectivity index (χ0v) is 12.2. The van der Waals surface area contributed by atoms with Gasteiger partial charge in [-0.05, 0) is 42.4 Å². The van der Waals surface area contributed by atoms with E-state index in [-0.39, 0.29) is 12.1 Å². The Labute approximate surface area is 106 Å². The average molecular weight is 240 g/mol. The van der Waals surface area contributed by atoms with Gasteiger partial charge in [0.1, 0.15) is 6.10 Å². The van der Waals surface area contributed by atoms with Crippen LogP contribution in [0.4, 0.5) is 0 Å². The minimum absolute atomic E-state index is 0.106. The lowest BCUT2D eigenvalue weighted by atomic mass is 9.64. The normalized spacial score (nSPS) is 38.0. The van der Waals surface area contributed by atoms with E-state index < -0.39 is 0 Å². The summed E-state index contributed by atoms with van der Waals surface area (Å²) in [5.41, 5.74) is 0.332. The highest BCUT2D eigenvalue weighted by Gasteiger charge is 2.37. The fourth-order valence-corrected chi connectivity index (χ4v) is 2.82. The van der Waals surface area contributed by atoms with Crippen molar-refractivity contribution in [3.8, 4) is 0 Å². The van der Waals surface area contributed by atoms with Crippen LogP contribution in [0, 0.1) is 23.2 Å². The van der Waals surface area contributed by atoms with Crippen LogP contribution in [0.25, 0.3) is 0 Å². The summed E-state index contributed by atoms with van der Waals surface area (Å²) in [5, 5.41) is 0. The van der Waals surface area contributed by atoms with E-state index in [9.17, 15) is 4.79 Å². The van der Waals surface area contributed by atoms with Crippen LogP contribution in [-0.2, 0) is 9.53 Å². The van der Waals surface area contributed by atoms with Crippen LogP contribution in [0.15, 0.2) is 0 Å². The van der Waals surface area contributed by atoms with Crippen LogP contribution in [0.1, 0.15) is 60.8 Å². The second-order valence-corrected chi connectivity index (χ2v) is 6.56. The van der Waals surface area contributed by atoms with Gasteiger partial charge in [0.15, 0.2) is 0 Å². The first-order chi connectivity index (χ1) is 7.75. The Bertz CT molecular complexity index is 270. The van der Waals surface area contributed by atoms with Crippen molar-refractivity contribution in [2.75, 3.05) is 0 Å². The van der Waals surface area contributed by atoms with Crippen LogP contribution in [0.2, 0.25) is 0 Å². The van der Waals surface area contributed by atoms with Crippen molar-refractivity contribution < 1.29 is 9.53 Å². The Morgan fingerprint density at radius 2 is 1.71 bits per heavy atom. The van der Waals surface area contributed by atoms with E-state index in [0.717, 1.165) is 18.8 Å². The van der Waals surface area contributed by atoms with Crippen LogP contribution in [-0.4, -0.2) is 12.1 Å². The van der Waals surface area contributed by atoms with E-state index in [4.69, 9.17) is 4.74 Å². The lowest BCUT2D eigenvalue weighted by Gasteiger charge is -2.43. The first-order valence-corrected chi connectivity index (χ1v) is 6.92. The number of rotatable bonds is 1. The molecule has 17 heavy (non-hydrogen) atoms. The van der Waals surface area contributed by atoms with Gasteiger partial charge < -0.3 is 4.74 Å². The maximum Gasteiger partial charge on any atom is 0.302 e. The van der Waals surface area contributed by atoms with Crippen molar-refractivity contribution in [2.24, 2.45) is 23.2 Å². The van der Waals surface area contributed by atoms with Crippen molar-refractivity contribution >= 4 is 5.97 Å². The van der Waals surface area contributed by atoms with E-state index in [1.54, 1.807) is 0 Å². The Hall–Kier alpha value is -0.530. The minimum Gasteiger partial charge on any atom is -0.462 e. The van der Waals surface area contributed by atoms with Crippen molar-refractivity contribution in [3.05, 3.63) is 0 Å². The van der Waals surface area contributed by atoms with Crippen molar-refractivity contribution in [3.63, 3.8) is 0 Å². The van der Waals surface area contributed by atoms with Gasteiger partial charge in [-0.15, -0.1) is 0 Å². The summed E-state index contributed by atoms with van der Waals surface area (Å²) in [6, 6.07) is 0. The van der Waals surface area contributed by atoms with Gasteiger partial charge in [0.25, 0.3) is 0 Å². The average Bonchev–Trinajstić information content (AvgIpc) is 2.22. The van der Waals surface area contributed by atoms with E-state index in [1.807, 2.05) is 0 Å². The third kappa shape index (κ3) is 3.46. The molecule has 1 fully saturated rings. The van der Waals surface area contributed by atoms with Crippen LogP contribution in [0.5, 0.6) is 0 Å². The molecule has 2 heteroatoms. The Balaban J connectivity index is 2.80. The first kappa shape index (κ1) is 14.5. The molecule has 2 nitrogen and oxygen atoms in total. The summed E-state index contributed by atoms with van der Waals surface area (Å²) in [4.78, 5) is 11.2. The van der Waals surface area contributed by atoms with Crippen LogP contribution >= 0.6 is 0 Å². The molecule has 4 atom stereocenters. The summed E-state index contributed by atoms with van der Waals surface area (Å²) in [6.45, 7) is 13.1. The minimum atomic E-state index is -0.138. The third-order valence-electron chi connectivity index (χ3n) is 5.13. The molecular weight excluding hydrogens is 212 g/mol. The molecule has 1 rings (SSSR count). The molecule has 0 saturated heterocycles. The van der Waals surface area contributed by atoms with E-state index in [0.29, 0.717) is 17.3 Å². The third-order valence-corrected chi connectivity index (χ3v) is 5.13. The standard InChI is InChI=1S/C15H28O2/c1-10-7-8-11(2)15(5,6)12(3)9-14(10)17-13(4)16/h10-12,14H,7-9H2,1-6H3/t10-,11-,12-,14-/m1/s1. The van der Waals surface area contributed by atoms with Gasteiger partial charge in [0.05, 0.1) is 0 Å². The smallest absolute Gasteiger partial charge is 0.302 e. The SMILES string of the molecule is CC(=O)O[C@@H]1C[C@@H](C)C(C)(C)[C@H](C)CC[C@H]1C. The van der Waals surface area contributed by atoms with E-state index in [1.165, 1.54) is 13.3 Å². The number of esters is 1. The molecule has 0 spiro atoms. The molecule has 0 N–H and O–H groups in total. The molecule has 0 aromatic heterocycles. The van der Waals surface area contributed by atoms with Gasteiger partial charge in [-0.25, -0.2) is 0 Å². The van der Waals surface area contributed by atoms with E-state index >= 15 is 0 Å². The molecule has 100 valence electrons. The molecule has 0 aliphatic heterocycles. The Morgan fingerprint density at radius 1 is 1.12 bits per heavy atom. The maximum absolute atomic E-state index is 11.2. The number of ether oxygens (including phenoxy) is 1. The number of hydrogen-bond acceptors (Lipinski definition) is 2. The molecule has 0 aromatic carbocycles. The van der Waals surface area contributed by atoms with E-state index in [2.05, 4.69) is 34.6 Å². The van der Waals surface area contributed by atoms with Crippen LogP contribution in [0.3, 0.4) is 0 Å². The van der Waals surface area contributed by atoms with Gasteiger partial charge in [-0.1, -0.05) is 34.6 Å². The van der Waals surface area contributed by atoms with Crippen molar-refractivity contribution in [2.45, 2.75) is 66.9 Å². The number of hydrogen-bond donors (Lipinski definition) is 0. The Kier molecular flexibility index (Phi) is 4.62. The lowest BCUT2D eigenvalue weighted by Crippen LogP contribution is -2.38. The largest absolute Gasteiger partial charge is 0.462 e. The fourth-order valence-electron chi connectivity index (χ4n) is 2.82. The lowest BCUT2D eigenvalue weighted by molar-refractivity contribution is -0.151. The second-order valence-electron chi connectivity index (χ2n) is 6.56. The zero-order valence-electron chi connectivity index (χ0n) is 12.2. The first-order valence-electron chi connectivity index (χ1n) is 6.92. The molecule has 1 aliphatic carbocycles. The summed E-state index contributed by atoms with van der Waals surface area (Å²) < 4.78 is 5.50. The van der Waals surface area contributed by atoms with Gasteiger partial charge in [0.2, 0.25) is 0 Å². The molecule has 0 heterocycles. The highest BCUT2D eigenvalue weighted by atomic mass is 16.5. The zero-order chi connectivity index (χ0) is 13.2. The number of carbonyl (C=O) groups excluding carboxylic acids is 1. The molecule has 0 aromatic rings. The highest BCUT2D eigenvalue weighted by Crippen LogP contribution is 2.43. The molecule has 0 amide bonds. The predicted octanol–water partition coefficient (Wildman–Crippen LogP) is 4.04. The molecule has 0 radical (unpaired) electrons. The summed E-state index contributed by atoms with van der Waals surface area (Å²) in [6.07, 6.45) is 3.50. The molecule has 0 bridgehead atoms. The van der Waals surface area contributed by atoms with Gasteiger partial charge >= 0.3 is 5.97 Å². The van der Waals surface area contributed by atoms with Gasteiger partial charge in [0, 0.05) is 6.92 Å². The predicted molar refractivity (Wildman–Crippen MR) is 70.7 cm³/mol. The maximum atomic E-state index is 11.2. The summed E-state index contributed by atoms with van der Waals surface area (Å²) >= 11 is 0. The molecule has 0 unspecified atom stereocenters. The summed E-state index contributed by atoms with van der Waals surface area (Å²) in [5.74, 6) is 1.67. The van der Waals surface area contributed by atoms with Crippen LogP contribution < -0.4 is 0 Å². The Morgan fingerprint density at radius 3 is 2.24 bits per heavy atom. The van der Waals surface area contributed by atoms with Gasteiger partial charge in [-0.2, -0.15) is 0 Å². The molecular formula is C15H28O2. The quantitative estimate of drug-likeness (QED) is 0.647. The fraction of sp³-hybridized carbons (Fsp3) is 0.933. The topological polar surface area (TPSA) is 26.3 Å². The van der Waals surface area contributed by atoms with Crippen molar-refractivity contribution in [1.82, 2.24) is 0 Å². The van der Waals surface area contributed by atoms with Gasteiger partial charge in [-0.3, -0.25) is 4.79 Å². The molecule has 1 aliphatic rings.